The number of carboxylic acids is 1. The molecular formula is C14H24N2O3. The molecule has 1 aliphatic heterocycles. The van der Waals surface area contributed by atoms with Crippen molar-refractivity contribution in [1.82, 2.24) is 10.2 Å². The summed E-state index contributed by atoms with van der Waals surface area (Å²) < 4.78 is 0. The number of aliphatic carboxylic acids is 1. The lowest BCUT2D eigenvalue weighted by Crippen LogP contribution is -2.60. The Bertz CT molecular complexity index is 347. The van der Waals surface area contributed by atoms with Crippen LogP contribution in [0, 0.1) is 5.92 Å². The minimum Gasteiger partial charge on any atom is -0.480 e. The molecule has 1 heterocycles. The third kappa shape index (κ3) is 3.26. The summed E-state index contributed by atoms with van der Waals surface area (Å²) in [5.74, 6) is -1.15. The number of carbonyl (C=O) groups excluding carboxylic acids is 1. The van der Waals surface area contributed by atoms with Crippen LogP contribution in [0.5, 0.6) is 0 Å². The molecule has 5 nitrogen and oxygen atoms in total. The number of hydrogen-bond donors (Lipinski definition) is 2. The third-order valence-corrected chi connectivity index (χ3v) is 4.41. The Morgan fingerprint density at radius 3 is 2.32 bits per heavy atom. The molecule has 0 spiro atoms. The SMILES string of the molecule is CC(CN1CCCCC1)C(=O)NC1(C(=O)O)CCC1. The van der Waals surface area contributed by atoms with Crippen molar-refractivity contribution in [2.45, 2.75) is 51.0 Å². The molecule has 19 heavy (non-hydrogen) atoms. The Balaban J connectivity index is 1.83. The lowest BCUT2D eigenvalue weighted by Gasteiger charge is -2.39. The van der Waals surface area contributed by atoms with E-state index in [0.29, 0.717) is 12.8 Å². The Labute approximate surface area is 114 Å². The minimum atomic E-state index is -0.979. The average molecular weight is 268 g/mol. The molecule has 1 amide bonds. The van der Waals surface area contributed by atoms with Crippen LogP contribution in [-0.2, 0) is 9.59 Å². The molecule has 2 fully saturated rings. The summed E-state index contributed by atoms with van der Waals surface area (Å²) in [4.78, 5) is 25.7. The molecule has 2 N–H and O–H groups in total. The molecule has 1 saturated heterocycles. The van der Waals surface area contributed by atoms with Crippen molar-refractivity contribution in [1.29, 1.82) is 0 Å². The maximum atomic E-state index is 12.1. The predicted molar refractivity (Wildman–Crippen MR) is 71.8 cm³/mol. The predicted octanol–water partition coefficient (Wildman–Crippen LogP) is 1.23. The first-order valence-corrected chi connectivity index (χ1v) is 7.31. The highest BCUT2D eigenvalue weighted by atomic mass is 16.4. The van der Waals surface area contributed by atoms with E-state index in [4.69, 9.17) is 0 Å². The fraction of sp³-hybridized carbons (Fsp3) is 0.857. The lowest BCUT2D eigenvalue weighted by molar-refractivity contribution is -0.152. The minimum absolute atomic E-state index is 0.118. The van der Waals surface area contributed by atoms with E-state index in [1.165, 1.54) is 19.3 Å². The molecule has 2 rings (SSSR count). The smallest absolute Gasteiger partial charge is 0.329 e. The molecule has 0 radical (unpaired) electrons. The van der Waals surface area contributed by atoms with Gasteiger partial charge in [0, 0.05) is 12.5 Å². The summed E-state index contributed by atoms with van der Waals surface area (Å²) in [5, 5.41) is 12.0. The molecule has 5 heteroatoms. The van der Waals surface area contributed by atoms with E-state index < -0.39 is 11.5 Å². The first kappa shape index (κ1) is 14.3. The van der Waals surface area contributed by atoms with Crippen LogP contribution in [0.3, 0.4) is 0 Å². The standard InChI is InChI=1S/C14H24N2O3/c1-11(10-16-8-3-2-4-9-16)12(17)15-14(13(18)19)6-5-7-14/h11H,2-10H2,1H3,(H,15,17)(H,18,19). The van der Waals surface area contributed by atoms with E-state index in [2.05, 4.69) is 10.2 Å². The van der Waals surface area contributed by atoms with E-state index in [1.807, 2.05) is 6.92 Å². The molecule has 1 aliphatic carbocycles. The van der Waals surface area contributed by atoms with E-state index in [-0.39, 0.29) is 11.8 Å². The van der Waals surface area contributed by atoms with Crippen LogP contribution in [0.15, 0.2) is 0 Å². The van der Waals surface area contributed by atoms with Gasteiger partial charge >= 0.3 is 5.97 Å². The van der Waals surface area contributed by atoms with Gasteiger partial charge in [0.1, 0.15) is 5.54 Å². The summed E-state index contributed by atoms with van der Waals surface area (Å²) in [6, 6.07) is 0. The summed E-state index contributed by atoms with van der Waals surface area (Å²) >= 11 is 0. The number of likely N-dealkylation sites (tertiary alicyclic amines) is 1. The van der Waals surface area contributed by atoms with Gasteiger partial charge in [-0.25, -0.2) is 4.79 Å². The number of nitrogens with one attached hydrogen (secondary N) is 1. The zero-order chi connectivity index (χ0) is 13.9. The Kier molecular flexibility index (Phi) is 4.45. The lowest BCUT2D eigenvalue weighted by atomic mass is 9.76. The fourth-order valence-corrected chi connectivity index (χ4v) is 2.89. The number of amides is 1. The van der Waals surface area contributed by atoms with Gasteiger partial charge in [-0.2, -0.15) is 0 Å². The molecule has 0 aromatic rings. The van der Waals surface area contributed by atoms with Gasteiger partial charge in [-0.05, 0) is 45.2 Å². The number of carboxylic acid groups (broad SMARTS) is 1. The second-order valence-corrected chi connectivity index (χ2v) is 5.99. The molecule has 1 unspecified atom stereocenters. The largest absolute Gasteiger partial charge is 0.480 e. The average Bonchev–Trinajstić information content (AvgIpc) is 2.34. The van der Waals surface area contributed by atoms with Gasteiger partial charge in [-0.3, -0.25) is 4.79 Å². The zero-order valence-electron chi connectivity index (χ0n) is 11.7. The molecular weight excluding hydrogens is 244 g/mol. The Morgan fingerprint density at radius 2 is 1.84 bits per heavy atom. The van der Waals surface area contributed by atoms with E-state index in [9.17, 15) is 14.7 Å². The van der Waals surface area contributed by atoms with Crippen molar-refractivity contribution in [2.24, 2.45) is 5.92 Å². The number of rotatable bonds is 5. The van der Waals surface area contributed by atoms with E-state index in [0.717, 1.165) is 26.1 Å². The molecule has 1 atom stereocenters. The second-order valence-electron chi connectivity index (χ2n) is 5.99. The molecule has 0 aromatic heterocycles. The highest BCUT2D eigenvalue weighted by Crippen LogP contribution is 2.32. The molecule has 2 aliphatic rings. The van der Waals surface area contributed by atoms with Crippen molar-refractivity contribution in [3.8, 4) is 0 Å². The molecule has 108 valence electrons. The van der Waals surface area contributed by atoms with Crippen molar-refractivity contribution >= 4 is 11.9 Å². The van der Waals surface area contributed by atoms with Gasteiger partial charge in [0.2, 0.25) is 5.91 Å². The van der Waals surface area contributed by atoms with Crippen LogP contribution in [0.1, 0.15) is 45.4 Å². The van der Waals surface area contributed by atoms with Crippen LogP contribution in [-0.4, -0.2) is 47.1 Å². The second kappa shape index (κ2) is 5.90. The van der Waals surface area contributed by atoms with E-state index in [1.54, 1.807) is 0 Å². The zero-order valence-corrected chi connectivity index (χ0v) is 11.7. The van der Waals surface area contributed by atoms with Crippen molar-refractivity contribution in [3.63, 3.8) is 0 Å². The highest BCUT2D eigenvalue weighted by molar-refractivity contribution is 5.88. The van der Waals surface area contributed by atoms with Crippen molar-refractivity contribution in [3.05, 3.63) is 0 Å². The first-order valence-electron chi connectivity index (χ1n) is 7.31. The van der Waals surface area contributed by atoms with Crippen LogP contribution >= 0.6 is 0 Å². The van der Waals surface area contributed by atoms with Crippen LogP contribution < -0.4 is 5.32 Å². The summed E-state index contributed by atoms with van der Waals surface area (Å²) in [6.07, 6.45) is 5.68. The Hall–Kier alpha value is -1.10. The van der Waals surface area contributed by atoms with Crippen LogP contribution in [0.4, 0.5) is 0 Å². The van der Waals surface area contributed by atoms with E-state index >= 15 is 0 Å². The number of hydrogen-bond acceptors (Lipinski definition) is 3. The van der Waals surface area contributed by atoms with Crippen molar-refractivity contribution in [2.75, 3.05) is 19.6 Å². The van der Waals surface area contributed by atoms with Gasteiger partial charge in [-0.1, -0.05) is 13.3 Å². The van der Waals surface area contributed by atoms with Gasteiger partial charge < -0.3 is 15.3 Å². The van der Waals surface area contributed by atoms with Crippen LogP contribution in [0.25, 0.3) is 0 Å². The topological polar surface area (TPSA) is 69.6 Å². The number of carbonyl (C=O) groups is 2. The summed E-state index contributed by atoms with van der Waals surface area (Å²) in [6.45, 7) is 4.74. The molecule has 0 aromatic carbocycles. The first-order chi connectivity index (χ1) is 9.03. The quantitative estimate of drug-likeness (QED) is 0.787. The molecule has 1 saturated carbocycles. The summed E-state index contributed by atoms with van der Waals surface area (Å²) in [5.41, 5.74) is -0.979. The van der Waals surface area contributed by atoms with Gasteiger partial charge in [0.15, 0.2) is 0 Å². The van der Waals surface area contributed by atoms with Gasteiger partial charge in [0.25, 0.3) is 0 Å². The Morgan fingerprint density at radius 1 is 1.21 bits per heavy atom. The van der Waals surface area contributed by atoms with Gasteiger partial charge in [0.05, 0.1) is 0 Å². The third-order valence-electron chi connectivity index (χ3n) is 4.41. The van der Waals surface area contributed by atoms with Crippen molar-refractivity contribution < 1.29 is 14.7 Å². The monoisotopic (exact) mass is 268 g/mol. The maximum absolute atomic E-state index is 12.1. The number of nitrogens with zero attached hydrogens (tertiary/aromatic N) is 1. The fourth-order valence-electron chi connectivity index (χ4n) is 2.89. The summed E-state index contributed by atoms with van der Waals surface area (Å²) in [7, 11) is 0. The number of piperidine rings is 1. The normalized spacial score (nSPS) is 24.3. The van der Waals surface area contributed by atoms with Gasteiger partial charge in [-0.15, -0.1) is 0 Å². The van der Waals surface area contributed by atoms with Crippen LogP contribution in [0.2, 0.25) is 0 Å². The maximum Gasteiger partial charge on any atom is 0.329 e. The highest BCUT2D eigenvalue weighted by Gasteiger charge is 2.46. The molecule has 0 bridgehead atoms.